The molecule has 1 aliphatic rings. The highest BCUT2D eigenvalue weighted by atomic mass is 16.1. The molecule has 0 spiro atoms. The molecule has 3 aromatic heterocycles. The van der Waals surface area contributed by atoms with Crippen molar-refractivity contribution in [3.05, 3.63) is 108 Å². The number of nitrogens with zero attached hydrogens (tertiary/aromatic N) is 4. The van der Waals surface area contributed by atoms with Crippen LogP contribution < -0.4 is 5.32 Å². The number of pyridine rings is 2. The molecule has 1 fully saturated rings. The topological polar surface area (TPSA) is 86.8 Å². The highest BCUT2D eigenvalue weighted by Gasteiger charge is 2.16. The third-order valence-corrected chi connectivity index (χ3v) is 7.07. The molecule has 190 valence electrons. The lowest BCUT2D eigenvalue weighted by molar-refractivity contribution is 0.102. The Kier molecular flexibility index (Phi) is 6.91. The number of aromatic amines is 1. The van der Waals surface area contributed by atoms with Gasteiger partial charge in [-0.3, -0.25) is 24.8 Å². The summed E-state index contributed by atoms with van der Waals surface area (Å²) in [5, 5.41) is 11.0. The van der Waals surface area contributed by atoms with Gasteiger partial charge in [-0.25, -0.2) is 0 Å². The second kappa shape index (κ2) is 10.9. The zero-order chi connectivity index (χ0) is 25.7. The fourth-order valence-electron chi connectivity index (χ4n) is 5.07. The zero-order valence-electron chi connectivity index (χ0n) is 21.2. The largest absolute Gasteiger partial charge is 0.319 e. The number of aromatic nitrogens is 4. The summed E-state index contributed by atoms with van der Waals surface area (Å²) in [4.78, 5) is 24.7. The van der Waals surface area contributed by atoms with E-state index in [1.165, 1.54) is 30.4 Å². The van der Waals surface area contributed by atoms with E-state index in [-0.39, 0.29) is 5.91 Å². The van der Waals surface area contributed by atoms with Gasteiger partial charge in [-0.05, 0) is 73.0 Å². The van der Waals surface area contributed by atoms with E-state index < -0.39 is 0 Å². The molecule has 0 bridgehead atoms. The van der Waals surface area contributed by atoms with Gasteiger partial charge in [-0.15, -0.1) is 0 Å². The monoisotopic (exact) mass is 502 g/mol. The number of nitrogens with one attached hydrogen (secondary N) is 2. The van der Waals surface area contributed by atoms with E-state index in [9.17, 15) is 4.79 Å². The van der Waals surface area contributed by atoms with Crippen LogP contribution in [-0.2, 0) is 13.0 Å². The number of H-pyrrole nitrogens is 1. The summed E-state index contributed by atoms with van der Waals surface area (Å²) in [7, 11) is 0. The Hall–Kier alpha value is -4.36. The third-order valence-electron chi connectivity index (χ3n) is 7.07. The quantitative estimate of drug-likeness (QED) is 0.292. The van der Waals surface area contributed by atoms with E-state index in [4.69, 9.17) is 0 Å². The van der Waals surface area contributed by atoms with E-state index in [1.807, 2.05) is 60.9 Å². The molecule has 6 rings (SSSR count). The minimum absolute atomic E-state index is 0.275. The Morgan fingerprint density at radius 3 is 2.55 bits per heavy atom. The summed E-state index contributed by atoms with van der Waals surface area (Å²) in [5.41, 5.74) is 7.19. The number of benzene rings is 2. The van der Waals surface area contributed by atoms with E-state index >= 15 is 0 Å². The maximum absolute atomic E-state index is 13.1. The maximum atomic E-state index is 13.1. The minimum atomic E-state index is -0.275. The normalized spacial score (nSPS) is 14.0. The van der Waals surface area contributed by atoms with Crippen molar-refractivity contribution in [1.29, 1.82) is 0 Å². The van der Waals surface area contributed by atoms with Gasteiger partial charge in [0.25, 0.3) is 5.91 Å². The molecular formula is C31H30N6O. The Bertz CT molecular complexity index is 1540. The van der Waals surface area contributed by atoms with Crippen molar-refractivity contribution in [2.75, 3.05) is 18.4 Å². The Labute approximate surface area is 222 Å². The smallest absolute Gasteiger partial charge is 0.276 e. The number of rotatable bonds is 7. The lowest BCUT2D eigenvalue weighted by Crippen LogP contribution is -2.29. The van der Waals surface area contributed by atoms with E-state index in [1.54, 1.807) is 6.20 Å². The molecule has 2 N–H and O–H groups in total. The lowest BCUT2D eigenvalue weighted by atomic mass is 10.0. The van der Waals surface area contributed by atoms with Crippen LogP contribution >= 0.6 is 0 Å². The first kappa shape index (κ1) is 24.0. The molecule has 0 unspecified atom stereocenters. The Morgan fingerprint density at radius 1 is 0.868 bits per heavy atom. The average molecular weight is 503 g/mol. The van der Waals surface area contributed by atoms with E-state index in [0.717, 1.165) is 53.8 Å². The average Bonchev–Trinajstić information content (AvgIpc) is 3.39. The van der Waals surface area contributed by atoms with Gasteiger partial charge in [0.2, 0.25) is 0 Å². The summed E-state index contributed by atoms with van der Waals surface area (Å²) in [6.07, 6.45) is 10.1. The predicted octanol–water partition coefficient (Wildman–Crippen LogP) is 5.85. The van der Waals surface area contributed by atoms with Crippen molar-refractivity contribution in [2.24, 2.45) is 0 Å². The van der Waals surface area contributed by atoms with Crippen LogP contribution in [0, 0.1) is 0 Å². The van der Waals surface area contributed by atoms with Gasteiger partial charge in [0, 0.05) is 42.0 Å². The SMILES string of the molecule is O=C(Nc1ccc(Cc2ccccc2)nc1)c1n[nH]c2ccc(-c3cncc(CN4CCCCC4)c3)cc12. The number of hydrogen-bond acceptors (Lipinski definition) is 5. The second-order valence-electron chi connectivity index (χ2n) is 9.91. The van der Waals surface area contributed by atoms with Crippen molar-refractivity contribution >= 4 is 22.5 Å². The molecule has 4 heterocycles. The molecule has 0 radical (unpaired) electrons. The lowest BCUT2D eigenvalue weighted by Gasteiger charge is -2.26. The Morgan fingerprint density at radius 2 is 1.74 bits per heavy atom. The number of hydrogen-bond donors (Lipinski definition) is 2. The number of carbonyl (C=O) groups excluding carboxylic acids is 1. The standard InChI is InChI=1S/C31H30N6O/c38-31(34-27-11-10-26(33-20-27)16-22-7-3-1-4-8-22)30-28-17-24(9-12-29(28)35-36-30)25-15-23(18-32-19-25)21-37-13-5-2-6-14-37/h1,3-4,7-12,15,17-20H,2,5-6,13-14,16,21H2,(H,34,38)(H,35,36). The number of amides is 1. The number of piperidine rings is 1. The van der Waals surface area contributed by atoms with Crippen LogP contribution in [0.2, 0.25) is 0 Å². The fraction of sp³-hybridized carbons (Fsp3) is 0.226. The number of anilines is 1. The summed E-state index contributed by atoms with van der Waals surface area (Å²) in [5.74, 6) is -0.275. The third kappa shape index (κ3) is 5.48. The first-order valence-corrected chi connectivity index (χ1v) is 13.2. The minimum Gasteiger partial charge on any atom is -0.319 e. The summed E-state index contributed by atoms with van der Waals surface area (Å²) in [6.45, 7) is 3.21. The fourth-order valence-corrected chi connectivity index (χ4v) is 5.07. The number of carbonyl (C=O) groups is 1. The summed E-state index contributed by atoms with van der Waals surface area (Å²) >= 11 is 0. The molecule has 1 amide bonds. The Balaban J connectivity index is 1.18. The molecule has 5 aromatic rings. The van der Waals surface area contributed by atoms with Gasteiger partial charge in [0.1, 0.15) is 0 Å². The van der Waals surface area contributed by atoms with Gasteiger partial charge in [-0.1, -0.05) is 42.8 Å². The van der Waals surface area contributed by atoms with Crippen molar-refractivity contribution in [1.82, 2.24) is 25.1 Å². The maximum Gasteiger partial charge on any atom is 0.276 e. The van der Waals surface area contributed by atoms with Crippen molar-refractivity contribution < 1.29 is 4.79 Å². The van der Waals surface area contributed by atoms with Gasteiger partial charge in [0.05, 0.1) is 17.4 Å². The van der Waals surface area contributed by atoms with Gasteiger partial charge >= 0.3 is 0 Å². The van der Waals surface area contributed by atoms with Crippen LogP contribution in [-0.4, -0.2) is 44.1 Å². The molecule has 0 saturated carbocycles. The van der Waals surface area contributed by atoms with Crippen LogP contribution in [0.25, 0.3) is 22.0 Å². The molecule has 1 saturated heterocycles. The van der Waals surface area contributed by atoms with Crippen molar-refractivity contribution in [2.45, 2.75) is 32.2 Å². The van der Waals surface area contributed by atoms with Crippen LogP contribution in [0.4, 0.5) is 5.69 Å². The molecular weight excluding hydrogens is 472 g/mol. The predicted molar refractivity (Wildman–Crippen MR) is 150 cm³/mol. The molecule has 1 aliphatic heterocycles. The highest BCUT2D eigenvalue weighted by molar-refractivity contribution is 6.11. The van der Waals surface area contributed by atoms with Gasteiger partial charge in [0.15, 0.2) is 5.69 Å². The van der Waals surface area contributed by atoms with Crippen LogP contribution in [0.1, 0.15) is 46.6 Å². The molecule has 38 heavy (non-hydrogen) atoms. The number of fused-ring (bicyclic) bond motifs is 1. The van der Waals surface area contributed by atoms with Crippen molar-refractivity contribution in [3.63, 3.8) is 0 Å². The molecule has 2 aromatic carbocycles. The first-order chi connectivity index (χ1) is 18.7. The van der Waals surface area contributed by atoms with Crippen LogP contribution in [0.5, 0.6) is 0 Å². The molecule has 0 atom stereocenters. The van der Waals surface area contributed by atoms with Crippen molar-refractivity contribution in [3.8, 4) is 11.1 Å². The summed E-state index contributed by atoms with van der Waals surface area (Å²) in [6, 6.07) is 22.2. The highest BCUT2D eigenvalue weighted by Crippen LogP contribution is 2.27. The van der Waals surface area contributed by atoms with E-state index in [2.05, 4.69) is 48.6 Å². The first-order valence-electron chi connectivity index (χ1n) is 13.2. The van der Waals surface area contributed by atoms with Crippen LogP contribution in [0.15, 0.2) is 85.3 Å². The zero-order valence-corrected chi connectivity index (χ0v) is 21.2. The van der Waals surface area contributed by atoms with Gasteiger partial charge < -0.3 is 5.32 Å². The molecule has 7 heteroatoms. The van der Waals surface area contributed by atoms with Crippen LogP contribution in [0.3, 0.4) is 0 Å². The molecule has 0 aliphatic carbocycles. The summed E-state index contributed by atoms with van der Waals surface area (Å²) < 4.78 is 0. The van der Waals surface area contributed by atoms with Gasteiger partial charge in [-0.2, -0.15) is 5.10 Å². The second-order valence-corrected chi connectivity index (χ2v) is 9.91. The van der Waals surface area contributed by atoms with E-state index in [0.29, 0.717) is 11.4 Å². The number of likely N-dealkylation sites (tertiary alicyclic amines) is 1. The molecule has 7 nitrogen and oxygen atoms in total.